The molecule has 4 heteroatoms. The van der Waals surface area contributed by atoms with Crippen LogP contribution in [0.2, 0.25) is 0 Å². The van der Waals surface area contributed by atoms with Crippen molar-refractivity contribution in [2.45, 2.75) is 6.92 Å². The highest BCUT2D eigenvalue weighted by Crippen LogP contribution is 2.14. The van der Waals surface area contributed by atoms with Gasteiger partial charge in [-0.3, -0.25) is 4.79 Å². The molecule has 1 aromatic carbocycles. The summed E-state index contributed by atoms with van der Waals surface area (Å²) in [6, 6.07) is 4.19. The van der Waals surface area contributed by atoms with Crippen LogP contribution in [0.1, 0.15) is 21.6 Å². The van der Waals surface area contributed by atoms with Gasteiger partial charge < -0.3 is 4.57 Å². The fraction of sp³-hybridized carbons (Fsp3) is 0.167. The van der Waals surface area contributed by atoms with E-state index in [9.17, 15) is 9.18 Å². The number of aryl methyl sites for hydroxylation is 2. The minimum absolute atomic E-state index is 0.211. The smallest absolute Gasteiger partial charge is 0.211 e. The Morgan fingerprint density at radius 1 is 1.44 bits per heavy atom. The van der Waals surface area contributed by atoms with Crippen molar-refractivity contribution < 1.29 is 9.18 Å². The number of benzene rings is 1. The summed E-state index contributed by atoms with van der Waals surface area (Å²) in [5.74, 6) is -0.617. The fourth-order valence-electron chi connectivity index (χ4n) is 1.55. The van der Waals surface area contributed by atoms with Crippen LogP contribution in [-0.4, -0.2) is 15.3 Å². The molecule has 0 unspecified atom stereocenters. The van der Waals surface area contributed by atoms with E-state index in [1.165, 1.54) is 18.3 Å². The fourth-order valence-corrected chi connectivity index (χ4v) is 1.55. The first-order valence-electron chi connectivity index (χ1n) is 4.87. The van der Waals surface area contributed by atoms with E-state index in [4.69, 9.17) is 0 Å². The first kappa shape index (κ1) is 10.5. The summed E-state index contributed by atoms with van der Waals surface area (Å²) in [6.07, 6.45) is 3.02. The highest BCUT2D eigenvalue weighted by atomic mass is 19.1. The van der Waals surface area contributed by atoms with Gasteiger partial charge in [-0.15, -0.1) is 0 Å². The van der Waals surface area contributed by atoms with Gasteiger partial charge in [0.2, 0.25) is 5.78 Å². The summed E-state index contributed by atoms with van der Waals surface area (Å²) in [7, 11) is 1.73. The lowest BCUT2D eigenvalue weighted by atomic mass is 10.0. The quantitative estimate of drug-likeness (QED) is 0.723. The maximum atomic E-state index is 13.1. The first-order chi connectivity index (χ1) is 7.59. The van der Waals surface area contributed by atoms with E-state index in [0.29, 0.717) is 11.3 Å². The van der Waals surface area contributed by atoms with E-state index in [-0.39, 0.29) is 5.78 Å². The van der Waals surface area contributed by atoms with Crippen LogP contribution in [0.4, 0.5) is 4.39 Å². The van der Waals surface area contributed by atoms with Gasteiger partial charge in [0.05, 0.1) is 12.5 Å². The summed E-state index contributed by atoms with van der Waals surface area (Å²) < 4.78 is 14.7. The van der Waals surface area contributed by atoms with E-state index in [0.717, 1.165) is 5.56 Å². The average molecular weight is 218 g/mol. The lowest BCUT2D eigenvalue weighted by Gasteiger charge is -2.05. The molecule has 16 heavy (non-hydrogen) atoms. The van der Waals surface area contributed by atoms with Gasteiger partial charge in [0.25, 0.3) is 0 Å². The first-order valence-corrected chi connectivity index (χ1v) is 4.87. The lowest BCUT2D eigenvalue weighted by molar-refractivity contribution is 0.103. The number of carbonyl (C=O) groups is 1. The van der Waals surface area contributed by atoms with Gasteiger partial charge in [-0.25, -0.2) is 9.37 Å². The molecule has 0 bridgehead atoms. The number of imidazole rings is 1. The number of halogens is 1. The van der Waals surface area contributed by atoms with Crippen molar-refractivity contribution in [1.82, 2.24) is 9.55 Å². The summed E-state index contributed by atoms with van der Waals surface area (Å²) in [5, 5.41) is 0. The number of rotatable bonds is 2. The highest BCUT2D eigenvalue weighted by Gasteiger charge is 2.15. The Balaban J connectivity index is 2.49. The lowest BCUT2D eigenvalue weighted by Crippen LogP contribution is -2.08. The van der Waals surface area contributed by atoms with Gasteiger partial charge in [0.15, 0.2) is 0 Å². The minimum Gasteiger partial charge on any atom is -0.331 e. The summed E-state index contributed by atoms with van der Waals surface area (Å²) >= 11 is 0. The predicted molar refractivity (Wildman–Crippen MR) is 57.8 cm³/mol. The van der Waals surface area contributed by atoms with Crippen molar-refractivity contribution in [3.8, 4) is 0 Å². The Labute approximate surface area is 92.5 Å². The molecular formula is C12H11FN2O. The minimum atomic E-state index is -0.406. The van der Waals surface area contributed by atoms with E-state index in [2.05, 4.69) is 4.98 Å². The van der Waals surface area contributed by atoms with Crippen molar-refractivity contribution in [3.63, 3.8) is 0 Å². The molecule has 1 heterocycles. The molecule has 0 radical (unpaired) electrons. The molecule has 2 aromatic rings. The second-order valence-corrected chi connectivity index (χ2v) is 3.68. The Kier molecular flexibility index (Phi) is 2.56. The largest absolute Gasteiger partial charge is 0.331 e. The van der Waals surface area contributed by atoms with E-state index < -0.39 is 5.82 Å². The van der Waals surface area contributed by atoms with Crippen LogP contribution in [0.15, 0.2) is 30.7 Å². The zero-order valence-corrected chi connectivity index (χ0v) is 9.07. The predicted octanol–water partition coefficient (Wildman–Crippen LogP) is 2.10. The van der Waals surface area contributed by atoms with E-state index in [1.807, 2.05) is 0 Å². The number of ketones is 1. The molecule has 0 fully saturated rings. The van der Waals surface area contributed by atoms with Crippen molar-refractivity contribution in [3.05, 3.63) is 53.4 Å². The van der Waals surface area contributed by atoms with Crippen LogP contribution in [-0.2, 0) is 7.05 Å². The highest BCUT2D eigenvalue weighted by molar-refractivity contribution is 6.08. The number of carbonyl (C=O) groups excluding carboxylic acids is 1. The molecule has 0 aliphatic carbocycles. The summed E-state index contributed by atoms with van der Waals surface area (Å²) in [4.78, 5) is 15.9. The van der Waals surface area contributed by atoms with Gasteiger partial charge in [-0.2, -0.15) is 0 Å². The van der Waals surface area contributed by atoms with Gasteiger partial charge in [-0.05, 0) is 24.6 Å². The Morgan fingerprint density at radius 2 is 2.19 bits per heavy atom. The van der Waals surface area contributed by atoms with Gasteiger partial charge in [0, 0.05) is 12.6 Å². The standard InChI is InChI=1S/C12H11FN2O/c1-8-3-4-9(13)5-10(8)12(16)11-6-14-7-15(11)2/h3-7H,1-2H3. The number of nitrogens with zero attached hydrogens (tertiary/aromatic N) is 2. The molecule has 0 aliphatic rings. The molecule has 0 aliphatic heterocycles. The van der Waals surface area contributed by atoms with Crippen molar-refractivity contribution >= 4 is 5.78 Å². The molecule has 0 spiro atoms. The zero-order chi connectivity index (χ0) is 11.7. The maximum Gasteiger partial charge on any atom is 0.211 e. The molecule has 1 aromatic heterocycles. The molecule has 3 nitrogen and oxygen atoms in total. The number of aromatic nitrogens is 2. The molecule has 82 valence electrons. The third-order valence-corrected chi connectivity index (χ3v) is 2.49. The van der Waals surface area contributed by atoms with Crippen LogP contribution in [0.5, 0.6) is 0 Å². The summed E-state index contributed by atoms with van der Waals surface area (Å²) in [6.45, 7) is 1.78. The topological polar surface area (TPSA) is 34.9 Å². The van der Waals surface area contributed by atoms with Crippen molar-refractivity contribution in [1.29, 1.82) is 0 Å². The Hall–Kier alpha value is -1.97. The van der Waals surface area contributed by atoms with Crippen molar-refractivity contribution in [2.24, 2.45) is 7.05 Å². The van der Waals surface area contributed by atoms with Crippen LogP contribution < -0.4 is 0 Å². The summed E-state index contributed by atoms with van der Waals surface area (Å²) in [5.41, 5.74) is 1.59. The third kappa shape index (κ3) is 1.74. The SMILES string of the molecule is Cc1ccc(F)cc1C(=O)c1cncn1C. The van der Waals surface area contributed by atoms with Crippen LogP contribution in [0, 0.1) is 12.7 Å². The molecule has 0 saturated carbocycles. The number of hydrogen-bond donors (Lipinski definition) is 0. The number of hydrogen-bond acceptors (Lipinski definition) is 2. The normalized spacial score (nSPS) is 10.4. The molecule has 0 N–H and O–H groups in total. The molecule has 0 amide bonds. The third-order valence-electron chi connectivity index (χ3n) is 2.49. The average Bonchev–Trinajstić information content (AvgIpc) is 2.67. The molecule has 0 saturated heterocycles. The van der Waals surface area contributed by atoms with Gasteiger partial charge in [0.1, 0.15) is 11.5 Å². The maximum absolute atomic E-state index is 13.1. The zero-order valence-electron chi connectivity index (χ0n) is 9.07. The van der Waals surface area contributed by atoms with Crippen LogP contribution in [0.3, 0.4) is 0 Å². The van der Waals surface area contributed by atoms with Gasteiger partial charge >= 0.3 is 0 Å². The van der Waals surface area contributed by atoms with E-state index in [1.54, 1.807) is 30.9 Å². The van der Waals surface area contributed by atoms with Crippen LogP contribution >= 0.6 is 0 Å². The second kappa shape index (κ2) is 3.89. The Morgan fingerprint density at radius 3 is 2.81 bits per heavy atom. The second-order valence-electron chi connectivity index (χ2n) is 3.68. The van der Waals surface area contributed by atoms with Crippen molar-refractivity contribution in [2.75, 3.05) is 0 Å². The monoisotopic (exact) mass is 218 g/mol. The van der Waals surface area contributed by atoms with Gasteiger partial charge in [-0.1, -0.05) is 6.07 Å². The molecular weight excluding hydrogens is 207 g/mol. The Bertz CT molecular complexity index is 546. The van der Waals surface area contributed by atoms with Crippen LogP contribution in [0.25, 0.3) is 0 Å². The molecule has 0 atom stereocenters. The van der Waals surface area contributed by atoms with E-state index >= 15 is 0 Å². The molecule has 2 rings (SSSR count).